The lowest BCUT2D eigenvalue weighted by atomic mass is 9.85. The molecule has 0 radical (unpaired) electrons. The molecule has 1 aliphatic heterocycles. The number of halogens is 1. The molecule has 0 unspecified atom stereocenters. The topological polar surface area (TPSA) is 137 Å². The number of hydrogen-bond donors (Lipinski definition) is 3. The predicted octanol–water partition coefficient (Wildman–Crippen LogP) is 4.15. The van der Waals surface area contributed by atoms with Crippen molar-refractivity contribution in [3.8, 4) is 0 Å². The molecular formula is C34H43ClN6O5. The molecule has 1 aromatic heterocycles. The summed E-state index contributed by atoms with van der Waals surface area (Å²) >= 11 is 6.11. The monoisotopic (exact) mass is 650 g/mol. The number of hydrogen-bond acceptors (Lipinski definition) is 8. The molecule has 12 heteroatoms. The largest absolute Gasteiger partial charge is 0.424 e. The van der Waals surface area contributed by atoms with Gasteiger partial charge in [-0.05, 0) is 54.5 Å². The molecule has 0 spiro atoms. The summed E-state index contributed by atoms with van der Waals surface area (Å²) in [6.45, 7) is 9.12. The van der Waals surface area contributed by atoms with Gasteiger partial charge in [-0.15, -0.1) is 0 Å². The first-order valence-electron chi connectivity index (χ1n) is 16.0. The molecule has 246 valence electrons. The second-order valence-corrected chi connectivity index (χ2v) is 13.7. The summed E-state index contributed by atoms with van der Waals surface area (Å²) in [4.78, 5) is 62.1. The summed E-state index contributed by atoms with van der Waals surface area (Å²) < 4.78 is 5.88. The maximum absolute atomic E-state index is 14.2. The lowest BCUT2D eigenvalue weighted by molar-refractivity contribution is -0.143. The van der Waals surface area contributed by atoms with Crippen LogP contribution in [0.15, 0.2) is 52.9 Å². The second kappa shape index (κ2) is 14.2. The van der Waals surface area contributed by atoms with E-state index in [-0.39, 0.29) is 24.5 Å². The number of carbonyl (C=O) groups is 4. The van der Waals surface area contributed by atoms with E-state index in [1.807, 2.05) is 69.0 Å². The Balaban J connectivity index is 1.36. The fourth-order valence-corrected chi connectivity index (χ4v) is 5.77. The molecule has 2 aromatic carbocycles. The number of benzene rings is 2. The van der Waals surface area contributed by atoms with Gasteiger partial charge >= 0.3 is 0 Å². The van der Waals surface area contributed by atoms with Gasteiger partial charge in [-0.25, -0.2) is 0 Å². The molecule has 46 heavy (non-hydrogen) atoms. The van der Waals surface area contributed by atoms with Gasteiger partial charge in [-0.3, -0.25) is 24.1 Å². The highest BCUT2D eigenvalue weighted by Crippen LogP contribution is 2.28. The number of piperazine rings is 1. The summed E-state index contributed by atoms with van der Waals surface area (Å²) in [5.41, 5.74) is 1.72. The summed E-state index contributed by atoms with van der Waals surface area (Å²) in [7, 11) is 0. The Hall–Kier alpha value is -3.96. The van der Waals surface area contributed by atoms with E-state index in [1.54, 1.807) is 17.0 Å². The molecule has 1 aliphatic carbocycles. The van der Waals surface area contributed by atoms with Crippen LogP contribution < -0.4 is 16.0 Å². The number of Topliss-reactive ketones (excluding diaryl/α,β-unsaturated/α-hetero) is 1. The number of para-hydroxylation sites is 2. The highest BCUT2D eigenvalue weighted by Gasteiger charge is 2.41. The molecule has 1 saturated heterocycles. The fourth-order valence-electron chi connectivity index (χ4n) is 5.64. The minimum absolute atomic E-state index is 0.0290. The van der Waals surface area contributed by atoms with E-state index in [2.05, 4.69) is 20.9 Å². The number of aromatic nitrogens is 1. The van der Waals surface area contributed by atoms with Gasteiger partial charge < -0.3 is 25.3 Å². The van der Waals surface area contributed by atoms with Gasteiger partial charge in [0.05, 0.1) is 6.04 Å². The SMILES string of the molecule is CCC[C@H](NC(=O)[C@H]1CN(C(=O)[C@@H](Nc2nc3ccccc3o2)C(C)(C)C)CCN1Cc1ccc(Cl)cc1)C(=O)C(=O)NC1CC1. The van der Waals surface area contributed by atoms with Gasteiger partial charge in [0.25, 0.3) is 11.9 Å². The summed E-state index contributed by atoms with van der Waals surface area (Å²) in [5, 5.41) is 9.43. The van der Waals surface area contributed by atoms with Crippen molar-refractivity contribution < 1.29 is 23.6 Å². The number of amides is 3. The minimum atomic E-state index is -0.956. The Morgan fingerprint density at radius 1 is 1.04 bits per heavy atom. The van der Waals surface area contributed by atoms with Crippen molar-refractivity contribution in [3.05, 3.63) is 59.1 Å². The van der Waals surface area contributed by atoms with Crippen molar-refractivity contribution in [1.82, 2.24) is 25.4 Å². The van der Waals surface area contributed by atoms with E-state index in [9.17, 15) is 19.2 Å². The number of fused-ring (bicyclic) bond motifs is 1. The van der Waals surface area contributed by atoms with Crippen LogP contribution in [-0.4, -0.2) is 82.1 Å². The quantitative estimate of drug-likeness (QED) is 0.249. The third-order valence-electron chi connectivity index (χ3n) is 8.43. The zero-order valence-electron chi connectivity index (χ0n) is 26.8. The highest BCUT2D eigenvalue weighted by atomic mass is 35.5. The molecule has 3 N–H and O–H groups in total. The molecule has 2 fully saturated rings. The lowest BCUT2D eigenvalue weighted by Crippen LogP contribution is -2.63. The molecule has 1 saturated carbocycles. The van der Waals surface area contributed by atoms with Crippen molar-refractivity contribution in [2.24, 2.45) is 5.41 Å². The van der Waals surface area contributed by atoms with Crippen LogP contribution in [0.4, 0.5) is 6.01 Å². The zero-order valence-corrected chi connectivity index (χ0v) is 27.6. The Labute approximate surface area is 274 Å². The van der Waals surface area contributed by atoms with Crippen LogP contribution in [-0.2, 0) is 25.7 Å². The van der Waals surface area contributed by atoms with E-state index in [4.69, 9.17) is 16.0 Å². The van der Waals surface area contributed by atoms with Crippen LogP contribution in [0.1, 0.15) is 58.9 Å². The zero-order chi connectivity index (χ0) is 33.0. The van der Waals surface area contributed by atoms with E-state index in [0.29, 0.717) is 48.6 Å². The van der Waals surface area contributed by atoms with E-state index < -0.39 is 41.1 Å². The Morgan fingerprint density at radius 2 is 1.76 bits per heavy atom. The van der Waals surface area contributed by atoms with Gasteiger partial charge in [0.2, 0.25) is 17.6 Å². The van der Waals surface area contributed by atoms with Crippen molar-refractivity contribution in [1.29, 1.82) is 0 Å². The van der Waals surface area contributed by atoms with Crippen molar-refractivity contribution in [2.45, 2.75) is 84.1 Å². The van der Waals surface area contributed by atoms with Gasteiger partial charge in [-0.2, -0.15) is 4.98 Å². The van der Waals surface area contributed by atoms with Crippen LogP contribution in [0.5, 0.6) is 0 Å². The maximum atomic E-state index is 14.2. The van der Waals surface area contributed by atoms with E-state index in [0.717, 1.165) is 18.4 Å². The molecule has 5 rings (SSSR count). The molecule has 3 atom stereocenters. The first-order valence-corrected chi connectivity index (χ1v) is 16.3. The normalized spacial score (nSPS) is 18.5. The average molecular weight is 651 g/mol. The number of carbonyl (C=O) groups excluding carboxylic acids is 4. The van der Waals surface area contributed by atoms with Gasteiger partial charge in [0.15, 0.2) is 5.58 Å². The molecule has 11 nitrogen and oxygen atoms in total. The first-order chi connectivity index (χ1) is 21.9. The highest BCUT2D eigenvalue weighted by molar-refractivity contribution is 6.38. The maximum Gasteiger partial charge on any atom is 0.296 e. The van der Waals surface area contributed by atoms with E-state index in [1.165, 1.54) is 0 Å². The molecule has 0 bridgehead atoms. The third kappa shape index (κ3) is 8.24. The van der Waals surface area contributed by atoms with Crippen molar-refractivity contribution in [3.63, 3.8) is 0 Å². The van der Waals surface area contributed by atoms with Crippen LogP contribution in [0, 0.1) is 5.41 Å². The molecular weight excluding hydrogens is 608 g/mol. The van der Waals surface area contributed by atoms with Gasteiger partial charge in [0, 0.05) is 37.2 Å². The standard InChI is InChI=1S/C34H43ClN6O5/c1-5-8-25(28(42)31(44)36-23-15-16-23)37-30(43)26-20-41(18-17-40(26)19-21-11-13-22(35)14-12-21)32(45)29(34(2,3)4)39-33-38-24-9-6-7-10-27(24)46-33/h6-7,9-14,23,25-26,29H,5,8,15-20H2,1-4H3,(H,36,44)(H,37,43)(H,38,39)/t25-,26+,29+/m0/s1. The van der Waals surface area contributed by atoms with Crippen LogP contribution in [0.2, 0.25) is 5.02 Å². The third-order valence-corrected chi connectivity index (χ3v) is 8.68. The van der Waals surface area contributed by atoms with Crippen LogP contribution in [0.3, 0.4) is 0 Å². The summed E-state index contributed by atoms with van der Waals surface area (Å²) in [6.07, 6.45) is 2.64. The minimum Gasteiger partial charge on any atom is -0.424 e. The Kier molecular flexibility index (Phi) is 10.3. The molecule has 3 aromatic rings. The molecule has 2 heterocycles. The number of nitrogens with zero attached hydrogens (tertiary/aromatic N) is 3. The number of anilines is 1. The average Bonchev–Trinajstić information content (AvgIpc) is 3.74. The summed E-state index contributed by atoms with van der Waals surface area (Å²) in [5.74, 6) is -1.91. The van der Waals surface area contributed by atoms with Crippen LogP contribution in [0.25, 0.3) is 11.1 Å². The summed E-state index contributed by atoms with van der Waals surface area (Å²) in [6, 6.07) is 12.6. The first kappa shape index (κ1) is 33.4. The van der Waals surface area contributed by atoms with Crippen molar-refractivity contribution in [2.75, 3.05) is 25.0 Å². The number of rotatable bonds is 12. The van der Waals surface area contributed by atoms with Gasteiger partial charge in [0.1, 0.15) is 17.6 Å². The number of oxazole rings is 1. The second-order valence-electron chi connectivity index (χ2n) is 13.3. The Bertz CT molecular complexity index is 1530. The van der Waals surface area contributed by atoms with E-state index >= 15 is 0 Å². The lowest BCUT2D eigenvalue weighted by Gasteiger charge is -2.43. The Morgan fingerprint density at radius 3 is 2.41 bits per heavy atom. The number of nitrogens with one attached hydrogen (secondary N) is 3. The smallest absolute Gasteiger partial charge is 0.296 e. The molecule has 2 aliphatic rings. The van der Waals surface area contributed by atoms with Crippen LogP contribution >= 0.6 is 11.6 Å². The number of ketones is 1. The fraction of sp³-hybridized carbons (Fsp3) is 0.500. The molecule has 3 amide bonds. The predicted molar refractivity (Wildman–Crippen MR) is 176 cm³/mol. The van der Waals surface area contributed by atoms with Gasteiger partial charge in [-0.1, -0.05) is 70.0 Å². The van der Waals surface area contributed by atoms with Crippen molar-refractivity contribution >= 4 is 52.2 Å².